The highest BCUT2D eigenvalue weighted by molar-refractivity contribution is 6.50. The van der Waals surface area contributed by atoms with Crippen molar-refractivity contribution < 1.29 is 4.80 Å². The van der Waals surface area contributed by atoms with E-state index in [9.17, 15) is 4.80 Å². The van der Waals surface area contributed by atoms with Gasteiger partial charge in [0.1, 0.15) is 0 Å². The molecular weight excluding hydrogens is 104 g/mol. The van der Waals surface area contributed by atoms with Crippen LogP contribution in [-0.4, -0.2) is 9.04 Å². The third-order valence-corrected chi connectivity index (χ3v) is 3.66. The highest BCUT2D eigenvalue weighted by Gasteiger charge is 2.12. The molecule has 1 heterocycles. The number of rotatable bonds is 0. The Morgan fingerprint density at radius 2 is 1.57 bits per heavy atom. The highest BCUT2D eigenvalue weighted by Crippen LogP contribution is 2.16. The Hall–Kier alpha value is 0.177. The molecular formula is C5H11OSi. The molecule has 0 unspecified atom stereocenters. The lowest BCUT2D eigenvalue weighted by Crippen LogP contribution is -2.12. The maximum atomic E-state index is 10.7. The summed E-state index contributed by atoms with van der Waals surface area (Å²) in [6, 6.07) is 2.14. The van der Waals surface area contributed by atoms with Gasteiger partial charge in [-0.25, -0.2) is 0 Å². The Labute approximate surface area is 46.1 Å². The van der Waals surface area contributed by atoms with E-state index in [1.165, 1.54) is 19.3 Å². The van der Waals surface area contributed by atoms with Crippen LogP contribution in [0.3, 0.4) is 0 Å². The molecule has 1 fully saturated rings. The van der Waals surface area contributed by atoms with Crippen LogP contribution in [0.15, 0.2) is 0 Å². The fourth-order valence-corrected chi connectivity index (χ4v) is 2.84. The molecule has 1 aliphatic heterocycles. The minimum Gasteiger partial charge on any atom is -0.302 e. The minimum atomic E-state index is -1.34. The summed E-state index contributed by atoms with van der Waals surface area (Å²) in [5.41, 5.74) is 0. The lowest BCUT2D eigenvalue weighted by atomic mass is 10.3. The van der Waals surface area contributed by atoms with Gasteiger partial charge in [0.2, 0.25) is 9.04 Å². The van der Waals surface area contributed by atoms with Gasteiger partial charge in [-0.3, -0.25) is 0 Å². The highest BCUT2D eigenvalue weighted by atomic mass is 28.3. The van der Waals surface area contributed by atoms with Crippen LogP contribution >= 0.6 is 0 Å². The standard InChI is InChI=1S/C5H11OSi/c6-7-4-2-1-3-5-7/h7H,1-5H2. The fourth-order valence-electron chi connectivity index (χ4n) is 1.07. The smallest absolute Gasteiger partial charge is 0.222 e. The zero-order valence-electron chi connectivity index (χ0n) is 4.52. The first-order valence-corrected chi connectivity index (χ1v) is 5.16. The zero-order chi connectivity index (χ0) is 5.11. The summed E-state index contributed by atoms with van der Waals surface area (Å²) in [6.45, 7) is 0. The molecule has 0 aromatic heterocycles. The summed E-state index contributed by atoms with van der Waals surface area (Å²) in [5, 5.41) is 0. The Kier molecular flexibility index (Phi) is 1.88. The maximum Gasteiger partial charge on any atom is 0.222 e. The van der Waals surface area contributed by atoms with Gasteiger partial charge in [0.15, 0.2) is 0 Å². The van der Waals surface area contributed by atoms with E-state index in [0.29, 0.717) is 0 Å². The molecule has 0 atom stereocenters. The average Bonchev–Trinajstić information content (AvgIpc) is 1.69. The van der Waals surface area contributed by atoms with Gasteiger partial charge in [0.25, 0.3) is 0 Å². The van der Waals surface area contributed by atoms with Crippen molar-refractivity contribution in [2.24, 2.45) is 0 Å². The van der Waals surface area contributed by atoms with Gasteiger partial charge in [-0.05, 0) is 12.1 Å². The van der Waals surface area contributed by atoms with Crippen LogP contribution in [0.1, 0.15) is 19.3 Å². The first-order valence-electron chi connectivity index (χ1n) is 3.05. The van der Waals surface area contributed by atoms with E-state index in [-0.39, 0.29) is 0 Å². The van der Waals surface area contributed by atoms with Gasteiger partial charge in [-0.1, -0.05) is 19.3 Å². The Morgan fingerprint density at radius 1 is 1.00 bits per heavy atom. The van der Waals surface area contributed by atoms with Gasteiger partial charge < -0.3 is 4.80 Å². The van der Waals surface area contributed by atoms with Gasteiger partial charge in [0.05, 0.1) is 0 Å². The lowest BCUT2D eigenvalue weighted by molar-refractivity contribution is 0.428. The molecule has 1 aliphatic rings. The summed E-state index contributed by atoms with van der Waals surface area (Å²) in [6.07, 6.45) is 3.80. The average molecular weight is 115 g/mol. The van der Waals surface area contributed by atoms with Gasteiger partial charge in [-0.15, -0.1) is 0 Å². The summed E-state index contributed by atoms with van der Waals surface area (Å²) in [4.78, 5) is 10.7. The SMILES string of the molecule is [O][SiH]1CCCCC1. The van der Waals surface area contributed by atoms with Crippen LogP contribution in [0, 0.1) is 0 Å². The second-order valence-electron chi connectivity index (χ2n) is 2.26. The van der Waals surface area contributed by atoms with Crippen molar-refractivity contribution in [3.8, 4) is 0 Å². The zero-order valence-corrected chi connectivity index (χ0v) is 5.68. The lowest BCUT2D eigenvalue weighted by Gasteiger charge is -2.10. The number of hydrogen-bond donors (Lipinski definition) is 0. The van der Waals surface area contributed by atoms with E-state index >= 15 is 0 Å². The molecule has 0 aliphatic carbocycles. The Morgan fingerprint density at radius 3 is 1.86 bits per heavy atom. The summed E-state index contributed by atoms with van der Waals surface area (Å²) in [7, 11) is -1.34. The van der Waals surface area contributed by atoms with Crippen molar-refractivity contribution in [3.05, 3.63) is 0 Å². The van der Waals surface area contributed by atoms with Crippen molar-refractivity contribution in [1.82, 2.24) is 0 Å². The molecule has 1 nitrogen and oxygen atoms in total. The molecule has 0 amide bonds. The van der Waals surface area contributed by atoms with Crippen molar-refractivity contribution >= 4 is 9.04 Å². The van der Waals surface area contributed by atoms with Crippen molar-refractivity contribution in [2.75, 3.05) is 0 Å². The van der Waals surface area contributed by atoms with Crippen LogP contribution < -0.4 is 0 Å². The van der Waals surface area contributed by atoms with Crippen LogP contribution in [0.25, 0.3) is 0 Å². The van der Waals surface area contributed by atoms with Crippen LogP contribution in [0.5, 0.6) is 0 Å². The molecule has 0 bridgehead atoms. The molecule has 0 saturated carbocycles. The molecule has 0 aromatic carbocycles. The predicted molar refractivity (Wildman–Crippen MR) is 31.3 cm³/mol. The summed E-state index contributed by atoms with van der Waals surface area (Å²) in [5.74, 6) is 0. The molecule has 0 spiro atoms. The van der Waals surface area contributed by atoms with Gasteiger partial charge >= 0.3 is 0 Å². The third-order valence-electron chi connectivity index (χ3n) is 1.55. The van der Waals surface area contributed by atoms with E-state index in [1.807, 2.05) is 0 Å². The Bertz CT molecular complexity index is 50.0. The van der Waals surface area contributed by atoms with Crippen molar-refractivity contribution in [3.63, 3.8) is 0 Å². The predicted octanol–water partition coefficient (Wildman–Crippen LogP) is 1.32. The van der Waals surface area contributed by atoms with Crippen LogP contribution in [0.2, 0.25) is 12.1 Å². The monoisotopic (exact) mass is 115 g/mol. The molecule has 1 rings (SSSR count). The maximum absolute atomic E-state index is 10.7. The van der Waals surface area contributed by atoms with Crippen molar-refractivity contribution in [2.45, 2.75) is 31.4 Å². The summed E-state index contributed by atoms with van der Waals surface area (Å²) >= 11 is 0. The molecule has 1 radical (unpaired) electrons. The second kappa shape index (κ2) is 2.48. The molecule has 0 aromatic rings. The minimum absolute atomic E-state index is 1.07. The van der Waals surface area contributed by atoms with Crippen LogP contribution in [0.4, 0.5) is 0 Å². The van der Waals surface area contributed by atoms with E-state index in [4.69, 9.17) is 0 Å². The summed E-state index contributed by atoms with van der Waals surface area (Å²) < 4.78 is 0. The van der Waals surface area contributed by atoms with E-state index in [1.54, 1.807) is 0 Å². The largest absolute Gasteiger partial charge is 0.302 e. The fraction of sp³-hybridized carbons (Fsp3) is 1.00. The quantitative estimate of drug-likeness (QED) is 0.424. The molecule has 1 saturated heterocycles. The molecule has 2 heteroatoms. The number of hydrogen-bond acceptors (Lipinski definition) is 0. The first-order chi connectivity index (χ1) is 3.39. The van der Waals surface area contributed by atoms with E-state index in [0.717, 1.165) is 12.1 Å². The molecule has 7 heavy (non-hydrogen) atoms. The van der Waals surface area contributed by atoms with Gasteiger partial charge in [0, 0.05) is 0 Å². The second-order valence-corrected chi connectivity index (χ2v) is 4.66. The first kappa shape index (κ1) is 5.32. The van der Waals surface area contributed by atoms with Crippen molar-refractivity contribution in [1.29, 1.82) is 0 Å². The van der Waals surface area contributed by atoms with E-state index in [2.05, 4.69) is 0 Å². The third kappa shape index (κ3) is 1.61. The molecule has 41 valence electrons. The Balaban J connectivity index is 2.12. The molecule has 0 N–H and O–H groups in total. The van der Waals surface area contributed by atoms with E-state index < -0.39 is 9.04 Å². The van der Waals surface area contributed by atoms with Gasteiger partial charge in [-0.2, -0.15) is 0 Å². The van der Waals surface area contributed by atoms with Crippen LogP contribution in [-0.2, 0) is 4.80 Å². The normalized spacial score (nSPS) is 25.3. The topological polar surface area (TPSA) is 19.9 Å².